The molecule has 0 saturated carbocycles. The van der Waals surface area contributed by atoms with Gasteiger partial charge in [-0.3, -0.25) is 4.79 Å². The van der Waals surface area contributed by atoms with Gasteiger partial charge in [0.1, 0.15) is 9.40 Å². The number of anilines is 1. The Bertz CT molecular complexity index is 431. The Morgan fingerprint density at radius 1 is 1.21 bits per heavy atom. The topological polar surface area (TPSA) is 29.1 Å². The van der Waals surface area contributed by atoms with Crippen LogP contribution >= 0.6 is 35.0 Å². The lowest BCUT2D eigenvalue weighted by molar-refractivity contribution is -0.112. The van der Waals surface area contributed by atoms with Crippen LogP contribution in [0, 0.1) is 0 Å². The normalized spacial score (nSPS) is 16.0. The molecule has 0 atom stereocenters. The molecule has 1 N–H and O–H groups in total. The highest BCUT2D eigenvalue weighted by molar-refractivity contribution is 8.04. The highest BCUT2D eigenvalue weighted by atomic mass is 35.5. The number of carbonyl (C=O) groups is 1. The fourth-order valence-electron chi connectivity index (χ4n) is 1.07. The Hall–Kier alpha value is -0.640. The van der Waals surface area contributed by atoms with E-state index in [1.54, 1.807) is 6.07 Å². The molecule has 0 bridgehead atoms. The fraction of sp³-hybridized carbons (Fsp3) is 0. The van der Waals surface area contributed by atoms with Crippen LogP contribution in [0.15, 0.2) is 38.6 Å². The number of carbonyl (C=O) groups excluding carboxylic acids is 1. The summed E-state index contributed by atoms with van der Waals surface area (Å²) in [4.78, 5) is 12.3. The quantitative estimate of drug-likeness (QED) is 0.760. The van der Waals surface area contributed by atoms with Crippen LogP contribution in [-0.4, -0.2) is 5.91 Å². The van der Waals surface area contributed by atoms with Gasteiger partial charge in [0, 0.05) is 4.90 Å². The van der Waals surface area contributed by atoms with Crippen LogP contribution in [0.2, 0.25) is 0 Å². The summed E-state index contributed by atoms with van der Waals surface area (Å²) < 4.78 is 0.300. The summed E-state index contributed by atoms with van der Waals surface area (Å²) in [5, 5.41) is 2.70. The average molecular weight is 246 g/mol. The molecule has 1 amide bonds. The Morgan fingerprint density at radius 3 is 2.71 bits per heavy atom. The van der Waals surface area contributed by atoms with E-state index >= 15 is 0 Å². The van der Waals surface area contributed by atoms with Crippen LogP contribution in [-0.2, 0) is 4.79 Å². The van der Waals surface area contributed by atoms with Crippen molar-refractivity contribution >= 4 is 46.6 Å². The lowest BCUT2D eigenvalue weighted by atomic mass is 10.3. The van der Waals surface area contributed by atoms with Crippen LogP contribution < -0.4 is 5.32 Å². The second kappa shape index (κ2) is 3.85. The number of thioether (sulfide) groups is 1. The first-order valence-electron chi connectivity index (χ1n) is 3.82. The third kappa shape index (κ3) is 1.75. The zero-order valence-corrected chi connectivity index (χ0v) is 9.21. The molecule has 0 fully saturated rings. The first-order chi connectivity index (χ1) is 6.68. The molecule has 0 aliphatic carbocycles. The van der Waals surface area contributed by atoms with E-state index in [4.69, 9.17) is 23.2 Å². The zero-order valence-electron chi connectivity index (χ0n) is 6.88. The largest absolute Gasteiger partial charge is 0.320 e. The Kier molecular flexibility index (Phi) is 2.72. The van der Waals surface area contributed by atoms with Crippen molar-refractivity contribution in [3.63, 3.8) is 0 Å². The molecule has 0 aromatic heterocycles. The van der Waals surface area contributed by atoms with Crippen molar-refractivity contribution in [1.29, 1.82) is 0 Å². The van der Waals surface area contributed by atoms with E-state index in [1.807, 2.05) is 18.2 Å². The minimum atomic E-state index is -0.367. The zero-order chi connectivity index (χ0) is 10.1. The van der Waals surface area contributed by atoms with E-state index in [0.29, 0.717) is 4.36 Å². The summed E-state index contributed by atoms with van der Waals surface area (Å²) in [6, 6.07) is 7.40. The summed E-state index contributed by atoms with van der Waals surface area (Å²) in [7, 11) is 0. The monoisotopic (exact) mass is 245 g/mol. The number of fused-ring (bicyclic) bond motifs is 1. The Balaban J connectivity index is 2.50. The number of benzene rings is 1. The summed E-state index contributed by atoms with van der Waals surface area (Å²) in [5.74, 6) is -0.367. The lowest BCUT2D eigenvalue weighted by Crippen LogP contribution is -2.10. The van der Waals surface area contributed by atoms with E-state index in [1.165, 1.54) is 11.8 Å². The van der Waals surface area contributed by atoms with Crippen molar-refractivity contribution in [2.24, 2.45) is 0 Å². The van der Waals surface area contributed by atoms with E-state index < -0.39 is 0 Å². The maximum Gasteiger partial charge on any atom is 0.269 e. The van der Waals surface area contributed by atoms with E-state index in [-0.39, 0.29) is 10.9 Å². The number of hydrogen-bond acceptors (Lipinski definition) is 2. The molecular weight excluding hydrogens is 241 g/mol. The second-order valence-electron chi connectivity index (χ2n) is 2.64. The summed E-state index contributed by atoms with van der Waals surface area (Å²) in [6.07, 6.45) is 0. The molecule has 2 nitrogen and oxygen atoms in total. The van der Waals surface area contributed by atoms with Crippen LogP contribution in [0.5, 0.6) is 0 Å². The number of amides is 1. The van der Waals surface area contributed by atoms with Crippen LogP contribution in [0.25, 0.3) is 0 Å². The van der Waals surface area contributed by atoms with Gasteiger partial charge in [-0.15, -0.1) is 0 Å². The predicted molar refractivity (Wildman–Crippen MR) is 59.7 cm³/mol. The smallest absolute Gasteiger partial charge is 0.269 e. The van der Waals surface area contributed by atoms with Crippen molar-refractivity contribution < 1.29 is 4.79 Å². The standard InChI is InChI=1S/C9H5Cl2NOS/c10-7-8(11)14-6-4-2-1-3-5(6)12-9(7)13/h1-4H,(H,12,13). The van der Waals surface area contributed by atoms with Gasteiger partial charge in [0.25, 0.3) is 5.91 Å². The van der Waals surface area contributed by atoms with Gasteiger partial charge >= 0.3 is 0 Å². The summed E-state index contributed by atoms with van der Waals surface area (Å²) >= 11 is 12.8. The number of halogens is 2. The number of hydrogen-bond donors (Lipinski definition) is 1. The molecule has 0 saturated heterocycles. The molecule has 0 radical (unpaired) electrons. The highest BCUT2D eigenvalue weighted by Crippen LogP contribution is 2.40. The van der Waals surface area contributed by atoms with Gasteiger partial charge in [0.05, 0.1) is 5.69 Å². The maximum atomic E-state index is 11.4. The van der Waals surface area contributed by atoms with Crippen LogP contribution in [0.1, 0.15) is 0 Å². The molecule has 0 unspecified atom stereocenters. The SMILES string of the molecule is O=C1Nc2ccccc2SC(Cl)=C1Cl. The van der Waals surface area contributed by atoms with E-state index in [2.05, 4.69) is 5.32 Å². The molecule has 72 valence electrons. The van der Waals surface area contributed by atoms with Crippen molar-refractivity contribution in [3.8, 4) is 0 Å². The van der Waals surface area contributed by atoms with Crippen molar-refractivity contribution in [1.82, 2.24) is 0 Å². The van der Waals surface area contributed by atoms with Gasteiger partial charge in [-0.2, -0.15) is 0 Å². The van der Waals surface area contributed by atoms with Crippen molar-refractivity contribution in [2.75, 3.05) is 5.32 Å². The van der Waals surface area contributed by atoms with E-state index in [0.717, 1.165) is 10.6 Å². The summed E-state index contributed by atoms with van der Waals surface area (Å²) in [6.45, 7) is 0. The number of para-hydroxylation sites is 1. The fourth-order valence-corrected chi connectivity index (χ4v) is 2.32. The van der Waals surface area contributed by atoms with Crippen LogP contribution in [0.4, 0.5) is 5.69 Å². The second-order valence-corrected chi connectivity index (χ2v) is 4.67. The molecule has 0 spiro atoms. The number of nitrogens with one attached hydrogen (secondary N) is 1. The van der Waals surface area contributed by atoms with Gasteiger partial charge < -0.3 is 5.32 Å². The first kappa shape index (κ1) is 9.90. The van der Waals surface area contributed by atoms with Gasteiger partial charge in [-0.05, 0) is 12.1 Å². The van der Waals surface area contributed by atoms with Gasteiger partial charge in [0.2, 0.25) is 0 Å². The predicted octanol–water partition coefficient (Wildman–Crippen LogP) is 3.38. The van der Waals surface area contributed by atoms with Crippen molar-refractivity contribution in [2.45, 2.75) is 4.90 Å². The first-order valence-corrected chi connectivity index (χ1v) is 5.39. The van der Waals surface area contributed by atoms with Gasteiger partial charge in [0.15, 0.2) is 0 Å². The molecule has 1 aromatic carbocycles. The molecule has 5 heteroatoms. The van der Waals surface area contributed by atoms with E-state index in [9.17, 15) is 4.79 Å². The minimum absolute atomic E-state index is 0.0351. The van der Waals surface area contributed by atoms with Gasteiger partial charge in [-0.1, -0.05) is 47.1 Å². The number of rotatable bonds is 0. The van der Waals surface area contributed by atoms with Gasteiger partial charge in [-0.25, -0.2) is 0 Å². The third-order valence-corrected chi connectivity index (χ3v) is 3.66. The third-order valence-electron chi connectivity index (χ3n) is 1.71. The maximum absolute atomic E-state index is 11.4. The molecular formula is C9H5Cl2NOS. The minimum Gasteiger partial charge on any atom is -0.320 e. The highest BCUT2D eigenvalue weighted by Gasteiger charge is 2.19. The Morgan fingerprint density at radius 2 is 1.93 bits per heavy atom. The van der Waals surface area contributed by atoms with Crippen molar-refractivity contribution in [3.05, 3.63) is 33.7 Å². The molecule has 2 rings (SSSR count). The Labute approximate surface area is 95.3 Å². The summed E-state index contributed by atoms with van der Waals surface area (Å²) in [5.41, 5.74) is 0.733. The molecule has 1 aromatic rings. The molecule has 1 aliphatic heterocycles. The average Bonchev–Trinajstić information content (AvgIpc) is 2.28. The molecule has 1 aliphatic rings. The van der Waals surface area contributed by atoms with Crippen LogP contribution in [0.3, 0.4) is 0 Å². The molecule has 1 heterocycles. The lowest BCUT2D eigenvalue weighted by Gasteiger charge is -2.03. The molecule has 14 heavy (non-hydrogen) atoms.